The van der Waals surface area contributed by atoms with Gasteiger partial charge in [-0.15, -0.1) is 12.4 Å². The maximum Gasteiger partial charge on any atom is 0.246 e. The number of nitrogens with one attached hydrogen (secondary N) is 2. The molecule has 2 aromatic rings. The van der Waals surface area contributed by atoms with Crippen LogP contribution in [-0.4, -0.2) is 59.2 Å². The Hall–Kier alpha value is -1.49. The van der Waals surface area contributed by atoms with E-state index in [0.29, 0.717) is 42.6 Å². The van der Waals surface area contributed by atoms with Crippen LogP contribution in [0.2, 0.25) is 0 Å². The maximum atomic E-state index is 13.0. The Morgan fingerprint density at radius 3 is 2.78 bits per heavy atom. The largest absolute Gasteiger partial charge is 0.339 e. The Labute approximate surface area is 165 Å². The van der Waals surface area contributed by atoms with Crippen LogP contribution >= 0.6 is 12.4 Å². The molecule has 0 saturated carbocycles. The first-order valence-corrected chi connectivity index (χ1v) is 10.3. The lowest BCUT2D eigenvalue weighted by molar-refractivity contribution is 0.265. The Kier molecular flexibility index (Phi) is 7.01. The van der Waals surface area contributed by atoms with Gasteiger partial charge in [-0.25, -0.2) is 8.42 Å². The van der Waals surface area contributed by atoms with Crippen molar-refractivity contribution in [1.82, 2.24) is 30.0 Å². The molecule has 27 heavy (non-hydrogen) atoms. The van der Waals surface area contributed by atoms with Crippen molar-refractivity contribution in [2.75, 3.05) is 20.1 Å². The summed E-state index contributed by atoms with van der Waals surface area (Å²) in [7, 11) is -1.71. The highest BCUT2D eigenvalue weighted by atomic mass is 35.5. The molecule has 1 saturated heterocycles. The summed E-state index contributed by atoms with van der Waals surface area (Å²) in [5, 5.41) is 13.9. The zero-order valence-electron chi connectivity index (χ0n) is 16.0. The third kappa shape index (κ3) is 4.50. The van der Waals surface area contributed by atoms with Crippen molar-refractivity contribution in [3.05, 3.63) is 23.1 Å². The molecule has 2 unspecified atom stereocenters. The van der Waals surface area contributed by atoms with Crippen LogP contribution in [0.1, 0.15) is 48.8 Å². The number of H-pyrrole nitrogens is 1. The van der Waals surface area contributed by atoms with Gasteiger partial charge in [-0.1, -0.05) is 5.16 Å². The zero-order chi connectivity index (χ0) is 18.9. The van der Waals surface area contributed by atoms with Gasteiger partial charge in [0.05, 0.1) is 17.3 Å². The van der Waals surface area contributed by atoms with Crippen molar-refractivity contribution in [3.8, 4) is 0 Å². The summed E-state index contributed by atoms with van der Waals surface area (Å²) in [4.78, 5) is 4.75. The lowest BCUT2D eigenvalue weighted by Gasteiger charge is -2.30. The van der Waals surface area contributed by atoms with Crippen molar-refractivity contribution in [3.63, 3.8) is 0 Å². The van der Waals surface area contributed by atoms with Gasteiger partial charge in [0.1, 0.15) is 4.90 Å². The summed E-state index contributed by atoms with van der Waals surface area (Å²) in [6.07, 6.45) is 2.26. The minimum absolute atomic E-state index is 0. The number of aryl methyl sites for hydroxylation is 2. The van der Waals surface area contributed by atoms with E-state index in [1.807, 2.05) is 14.0 Å². The van der Waals surface area contributed by atoms with Crippen molar-refractivity contribution in [1.29, 1.82) is 0 Å². The normalized spacial score (nSPS) is 19.6. The predicted molar refractivity (Wildman–Crippen MR) is 103 cm³/mol. The van der Waals surface area contributed by atoms with Gasteiger partial charge in [-0.2, -0.15) is 14.4 Å². The monoisotopic (exact) mass is 418 g/mol. The number of hydrogen-bond donors (Lipinski definition) is 2. The van der Waals surface area contributed by atoms with Crippen LogP contribution in [0.4, 0.5) is 0 Å². The quantitative estimate of drug-likeness (QED) is 0.730. The number of likely N-dealkylation sites (N-methyl/N-ethyl adjacent to an activating group) is 1. The number of halogens is 1. The molecule has 2 N–H and O–H groups in total. The van der Waals surface area contributed by atoms with E-state index in [1.54, 1.807) is 13.8 Å². The minimum Gasteiger partial charge on any atom is -0.339 e. The highest BCUT2D eigenvalue weighted by Crippen LogP contribution is 2.31. The Morgan fingerprint density at radius 1 is 1.41 bits per heavy atom. The fourth-order valence-electron chi connectivity index (χ4n) is 3.30. The van der Waals surface area contributed by atoms with E-state index in [4.69, 9.17) is 4.52 Å². The van der Waals surface area contributed by atoms with Crippen LogP contribution in [-0.2, 0) is 16.4 Å². The van der Waals surface area contributed by atoms with Gasteiger partial charge >= 0.3 is 0 Å². The molecule has 3 rings (SSSR count). The van der Waals surface area contributed by atoms with E-state index in [9.17, 15) is 8.42 Å². The number of hydrogen-bond acceptors (Lipinski definition) is 7. The van der Waals surface area contributed by atoms with E-state index in [0.717, 1.165) is 12.8 Å². The number of sulfonamides is 1. The SMILES string of the molecule is CNC(C)Cc1noc(C2CCCN(S(=O)(=O)c3c(C)n[nH]c3C)C2)n1.Cl. The number of aromatic nitrogens is 4. The summed E-state index contributed by atoms with van der Waals surface area (Å²) in [6, 6.07) is 0.246. The Morgan fingerprint density at radius 2 is 2.15 bits per heavy atom. The number of rotatable bonds is 6. The maximum absolute atomic E-state index is 13.0. The molecular weight excluding hydrogens is 392 g/mol. The first-order chi connectivity index (χ1) is 12.3. The molecule has 0 aliphatic carbocycles. The second kappa shape index (κ2) is 8.68. The molecule has 0 aromatic carbocycles. The molecule has 2 aromatic heterocycles. The fourth-order valence-corrected chi connectivity index (χ4v) is 5.16. The van der Waals surface area contributed by atoms with Gasteiger partial charge in [0, 0.05) is 25.6 Å². The third-order valence-electron chi connectivity index (χ3n) is 4.86. The summed E-state index contributed by atoms with van der Waals surface area (Å²) >= 11 is 0. The molecule has 0 bridgehead atoms. The molecule has 1 aliphatic heterocycles. The summed E-state index contributed by atoms with van der Waals surface area (Å²) in [5.41, 5.74) is 1.05. The average molecular weight is 419 g/mol. The van der Waals surface area contributed by atoms with E-state index >= 15 is 0 Å². The van der Waals surface area contributed by atoms with Gasteiger partial charge in [0.15, 0.2) is 5.82 Å². The van der Waals surface area contributed by atoms with Crippen LogP contribution in [0.5, 0.6) is 0 Å². The van der Waals surface area contributed by atoms with E-state index < -0.39 is 10.0 Å². The van der Waals surface area contributed by atoms with Gasteiger partial charge in [0.2, 0.25) is 15.9 Å². The van der Waals surface area contributed by atoms with Crippen molar-refractivity contribution in [2.45, 2.75) is 56.9 Å². The summed E-state index contributed by atoms with van der Waals surface area (Å²) < 4.78 is 33.0. The molecule has 0 spiro atoms. The summed E-state index contributed by atoms with van der Waals surface area (Å²) in [5.74, 6) is 1.07. The van der Waals surface area contributed by atoms with Crippen LogP contribution in [0.15, 0.2) is 9.42 Å². The van der Waals surface area contributed by atoms with Gasteiger partial charge in [0.25, 0.3) is 0 Å². The van der Waals surface area contributed by atoms with Gasteiger partial charge < -0.3 is 9.84 Å². The lowest BCUT2D eigenvalue weighted by atomic mass is 10.00. The molecule has 11 heteroatoms. The number of nitrogens with zero attached hydrogens (tertiary/aromatic N) is 4. The van der Waals surface area contributed by atoms with Crippen molar-refractivity contribution < 1.29 is 12.9 Å². The first kappa shape index (κ1) is 21.8. The standard InChI is InChI=1S/C16H26N6O3S.ClH/c1-10(17-4)8-14-18-16(25-21-14)13-6-5-7-22(9-13)26(23,24)15-11(2)19-20-12(15)3;/h10,13,17H,5-9H2,1-4H3,(H,19,20);1H. The van der Waals surface area contributed by atoms with Crippen LogP contribution in [0.25, 0.3) is 0 Å². The van der Waals surface area contributed by atoms with Crippen LogP contribution < -0.4 is 5.32 Å². The highest BCUT2D eigenvalue weighted by Gasteiger charge is 2.35. The zero-order valence-corrected chi connectivity index (χ0v) is 17.7. The van der Waals surface area contributed by atoms with Crippen LogP contribution in [0, 0.1) is 13.8 Å². The third-order valence-corrected chi connectivity index (χ3v) is 6.99. The van der Waals surface area contributed by atoms with E-state index in [2.05, 4.69) is 25.7 Å². The molecule has 0 radical (unpaired) electrons. The molecule has 152 valence electrons. The molecule has 1 fully saturated rings. The van der Waals surface area contributed by atoms with Crippen molar-refractivity contribution in [2.24, 2.45) is 0 Å². The molecule has 2 atom stereocenters. The second-order valence-corrected chi connectivity index (χ2v) is 8.78. The van der Waals surface area contributed by atoms with E-state index in [1.165, 1.54) is 4.31 Å². The molecule has 1 aliphatic rings. The van der Waals surface area contributed by atoms with Gasteiger partial charge in [-0.05, 0) is 40.7 Å². The lowest BCUT2D eigenvalue weighted by Crippen LogP contribution is -2.39. The highest BCUT2D eigenvalue weighted by molar-refractivity contribution is 7.89. The van der Waals surface area contributed by atoms with Crippen LogP contribution in [0.3, 0.4) is 0 Å². The fraction of sp³-hybridized carbons (Fsp3) is 0.688. The number of piperidine rings is 1. The number of aromatic amines is 1. The minimum atomic E-state index is -3.60. The van der Waals surface area contributed by atoms with E-state index in [-0.39, 0.29) is 29.3 Å². The molecule has 3 heterocycles. The topological polar surface area (TPSA) is 117 Å². The molecular formula is C16H27ClN6O3S. The molecule has 0 amide bonds. The second-order valence-electron chi connectivity index (χ2n) is 6.91. The van der Waals surface area contributed by atoms with Gasteiger partial charge in [-0.3, -0.25) is 5.10 Å². The Bertz CT molecular complexity index is 846. The predicted octanol–water partition coefficient (Wildman–Crippen LogP) is 1.55. The summed E-state index contributed by atoms with van der Waals surface area (Å²) in [6.45, 7) is 6.30. The van der Waals surface area contributed by atoms with Crippen molar-refractivity contribution >= 4 is 22.4 Å². The Balaban J connectivity index is 0.00000261. The average Bonchev–Trinajstić information content (AvgIpc) is 3.21. The first-order valence-electron chi connectivity index (χ1n) is 8.84. The smallest absolute Gasteiger partial charge is 0.246 e. The molecule has 9 nitrogen and oxygen atoms in total.